The second-order valence-electron chi connectivity index (χ2n) is 7.99. The standard InChI is InChI=1S/C26H23F2NO5/c1-33-24-21(27)12-15(13-22(24)28)10-11-23(25(30)31)29-26(32)34-14-20-18-8-4-2-6-16(18)17-7-3-5-9-19(17)20/h2-9,12-13,20,23H,10-11,14H2,1H3,(H,29,32)(H,30,31). The van der Waals surface area contributed by atoms with Crippen molar-refractivity contribution in [2.24, 2.45) is 0 Å². The highest BCUT2D eigenvalue weighted by Gasteiger charge is 2.29. The highest BCUT2D eigenvalue weighted by molar-refractivity contribution is 5.81. The van der Waals surface area contributed by atoms with E-state index in [2.05, 4.69) is 10.1 Å². The SMILES string of the molecule is COc1c(F)cc(CCC(NC(=O)OCC2c3ccccc3-c3ccccc32)C(=O)O)cc1F. The summed E-state index contributed by atoms with van der Waals surface area (Å²) in [5.41, 5.74) is 4.48. The molecule has 0 aromatic heterocycles. The first-order chi connectivity index (χ1) is 16.4. The first kappa shape index (κ1) is 23.2. The first-order valence-electron chi connectivity index (χ1n) is 10.7. The van der Waals surface area contributed by atoms with E-state index in [0.29, 0.717) is 0 Å². The van der Waals surface area contributed by atoms with E-state index in [4.69, 9.17) is 4.74 Å². The number of hydrogen-bond donors (Lipinski definition) is 2. The summed E-state index contributed by atoms with van der Waals surface area (Å²) in [5, 5.41) is 11.8. The van der Waals surface area contributed by atoms with Gasteiger partial charge in [0.2, 0.25) is 0 Å². The molecule has 8 heteroatoms. The second-order valence-corrected chi connectivity index (χ2v) is 7.99. The number of carbonyl (C=O) groups excluding carboxylic acids is 1. The van der Waals surface area contributed by atoms with Gasteiger partial charge in [-0.25, -0.2) is 18.4 Å². The lowest BCUT2D eigenvalue weighted by Gasteiger charge is -2.17. The molecule has 1 aliphatic rings. The molecule has 1 aliphatic carbocycles. The quantitative estimate of drug-likeness (QED) is 0.492. The fraction of sp³-hybridized carbons (Fsp3) is 0.231. The Morgan fingerprint density at radius 1 is 1.00 bits per heavy atom. The number of nitrogens with one attached hydrogen (secondary N) is 1. The summed E-state index contributed by atoms with van der Waals surface area (Å²) in [7, 11) is 1.15. The minimum atomic E-state index is -1.29. The zero-order chi connectivity index (χ0) is 24.2. The van der Waals surface area contributed by atoms with Gasteiger partial charge < -0.3 is 19.9 Å². The average molecular weight is 467 g/mol. The number of carboxylic acids is 1. The van der Waals surface area contributed by atoms with Crippen molar-refractivity contribution in [3.8, 4) is 16.9 Å². The van der Waals surface area contributed by atoms with E-state index in [1.165, 1.54) is 0 Å². The summed E-state index contributed by atoms with van der Waals surface area (Å²) in [6.45, 7) is 0.0428. The van der Waals surface area contributed by atoms with Crippen LogP contribution < -0.4 is 10.1 Å². The summed E-state index contributed by atoms with van der Waals surface area (Å²) >= 11 is 0. The van der Waals surface area contributed by atoms with Gasteiger partial charge in [0.1, 0.15) is 12.6 Å². The molecule has 0 saturated carbocycles. The Bertz CT molecular complexity index is 1160. The fourth-order valence-corrected chi connectivity index (χ4v) is 4.30. The van der Waals surface area contributed by atoms with Gasteiger partial charge >= 0.3 is 12.1 Å². The number of amides is 1. The van der Waals surface area contributed by atoms with Crippen LogP contribution in [0.5, 0.6) is 5.75 Å². The van der Waals surface area contributed by atoms with Crippen molar-refractivity contribution in [3.05, 3.63) is 89.0 Å². The molecule has 3 aromatic carbocycles. The number of hydrogen-bond acceptors (Lipinski definition) is 4. The van der Waals surface area contributed by atoms with Crippen molar-refractivity contribution in [2.45, 2.75) is 24.8 Å². The van der Waals surface area contributed by atoms with Crippen molar-refractivity contribution < 1.29 is 33.0 Å². The molecule has 0 heterocycles. The molecule has 0 bridgehead atoms. The molecule has 34 heavy (non-hydrogen) atoms. The van der Waals surface area contributed by atoms with E-state index in [1.54, 1.807) is 0 Å². The number of carboxylic acid groups (broad SMARTS) is 1. The molecule has 1 atom stereocenters. The molecule has 0 radical (unpaired) electrons. The number of benzene rings is 3. The highest BCUT2D eigenvalue weighted by Crippen LogP contribution is 2.44. The molecule has 0 spiro atoms. The van der Waals surface area contributed by atoms with Crippen molar-refractivity contribution in [1.29, 1.82) is 0 Å². The Kier molecular flexibility index (Phi) is 6.77. The Balaban J connectivity index is 1.38. The number of methoxy groups -OCH3 is 1. The summed E-state index contributed by atoms with van der Waals surface area (Å²) in [4.78, 5) is 24.0. The number of ether oxygens (including phenoxy) is 2. The number of aliphatic carboxylic acids is 1. The van der Waals surface area contributed by atoms with Crippen molar-refractivity contribution in [1.82, 2.24) is 5.32 Å². The van der Waals surface area contributed by atoms with E-state index >= 15 is 0 Å². The highest BCUT2D eigenvalue weighted by atomic mass is 19.1. The largest absolute Gasteiger partial charge is 0.491 e. The fourth-order valence-electron chi connectivity index (χ4n) is 4.30. The van der Waals surface area contributed by atoms with Crippen LogP contribution in [0, 0.1) is 11.6 Å². The predicted octanol–water partition coefficient (Wildman–Crippen LogP) is 4.90. The normalized spacial score (nSPS) is 13.0. The van der Waals surface area contributed by atoms with Gasteiger partial charge in [0.15, 0.2) is 17.4 Å². The molecule has 1 unspecified atom stereocenters. The van der Waals surface area contributed by atoms with Crippen molar-refractivity contribution in [3.63, 3.8) is 0 Å². The Morgan fingerprint density at radius 2 is 1.56 bits per heavy atom. The number of halogens is 2. The Hall–Kier alpha value is -3.94. The molecule has 0 aliphatic heterocycles. The van der Waals surface area contributed by atoms with Crippen LogP contribution >= 0.6 is 0 Å². The molecule has 0 saturated heterocycles. The van der Waals surface area contributed by atoms with Crippen LogP contribution in [0.2, 0.25) is 0 Å². The van der Waals surface area contributed by atoms with E-state index in [9.17, 15) is 23.5 Å². The average Bonchev–Trinajstić information content (AvgIpc) is 3.14. The van der Waals surface area contributed by atoms with Gasteiger partial charge in [-0.2, -0.15) is 0 Å². The molecule has 6 nitrogen and oxygen atoms in total. The maximum Gasteiger partial charge on any atom is 0.407 e. The van der Waals surface area contributed by atoms with Gasteiger partial charge in [-0.1, -0.05) is 48.5 Å². The van der Waals surface area contributed by atoms with Gasteiger partial charge in [-0.3, -0.25) is 0 Å². The monoisotopic (exact) mass is 467 g/mol. The zero-order valence-electron chi connectivity index (χ0n) is 18.4. The minimum absolute atomic E-state index is 0.0262. The molecular formula is C26H23F2NO5. The zero-order valence-corrected chi connectivity index (χ0v) is 18.4. The Labute approximate surface area is 195 Å². The minimum Gasteiger partial charge on any atom is -0.491 e. The number of alkyl carbamates (subject to hydrolysis) is 1. The molecule has 176 valence electrons. The Morgan fingerprint density at radius 3 is 2.09 bits per heavy atom. The predicted molar refractivity (Wildman–Crippen MR) is 121 cm³/mol. The van der Waals surface area contributed by atoms with E-state index in [1.807, 2.05) is 48.5 Å². The number of aryl methyl sites for hydroxylation is 1. The van der Waals surface area contributed by atoms with E-state index < -0.39 is 35.5 Å². The third-order valence-corrected chi connectivity index (χ3v) is 5.92. The summed E-state index contributed by atoms with van der Waals surface area (Å²) in [5.74, 6) is -3.70. The van der Waals surface area contributed by atoms with Crippen LogP contribution in [0.15, 0.2) is 60.7 Å². The molecule has 1 amide bonds. The van der Waals surface area contributed by atoms with Crippen molar-refractivity contribution >= 4 is 12.1 Å². The topological polar surface area (TPSA) is 84.9 Å². The lowest BCUT2D eigenvalue weighted by molar-refractivity contribution is -0.139. The molecule has 2 N–H and O–H groups in total. The summed E-state index contributed by atoms with van der Waals surface area (Å²) < 4.78 is 37.8. The first-order valence-corrected chi connectivity index (χ1v) is 10.7. The van der Waals surface area contributed by atoms with Gasteiger partial charge in [0.05, 0.1) is 7.11 Å². The maximum atomic E-state index is 13.9. The van der Waals surface area contributed by atoms with Crippen LogP contribution in [-0.2, 0) is 16.0 Å². The summed E-state index contributed by atoms with van der Waals surface area (Å²) in [6, 6.07) is 16.6. The lowest BCUT2D eigenvalue weighted by Crippen LogP contribution is -2.41. The number of carbonyl (C=O) groups is 2. The van der Waals surface area contributed by atoms with Crippen LogP contribution in [0.25, 0.3) is 11.1 Å². The van der Waals surface area contributed by atoms with Gasteiger partial charge in [0, 0.05) is 5.92 Å². The molecule has 3 aromatic rings. The third-order valence-electron chi connectivity index (χ3n) is 5.92. The van der Waals surface area contributed by atoms with Gasteiger partial charge in [-0.15, -0.1) is 0 Å². The molecular weight excluding hydrogens is 444 g/mol. The van der Waals surface area contributed by atoms with E-state index in [0.717, 1.165) is 41.5 Å². The van der Waals surface area contributed by atoms with Crippen LogP contribution in [0.1, 0.15) is 29.0 Å². The van der Waals surface area contributed by atoms with Crippen molar-refractivity contribution in [2.75, 3.05) is 13.7 Å². The van der Waals surface area contributed by atoms with Gasteiger partial charge in [0.25, 0.3) is 0 Å². The molecule has 4 rings (SSSR count). The van der Waals surface area contributed by atoms with Crippen LogP contribution in [0.3, 0.4) is 0 Å². The number of fused-ring (bicyclic) bond motifs is 3. The van der Waals surface area contributed by atoms with E-state index in [-0.39, 0.29) is 30.9 Å². The molecule has 0 fully saturated rings. The van der Waals surface area contributed by atoms with Crippen LogP contribution in [0.4, 0.5) is 13.6 Å². The lowest BCUT2D eigenvalue weighted by atomic mass is 9.98. The smallest absolute Gasteiger partial charge is 0.407 e. The van der Waals surface area contributed by atoms with Gasteiger partial charge in [-0.05, 0) is 52.8 Å². The summed E-state index contributed by atoms with van der Waals surface area (Å²) in [6.07, 6.45) is -0.926. The second kappa shape index (κ2) is 9.91. The maximum absolute atomic E-state index is 13.9. The third kappa shape index (κ3) is 4.71. The number of rotatable bonds is 8. The van der Waals surface area contributed by atoms with Crippen LogP contribution in [-0.4, -0.2) is 36.9 Å².